The molecule has 0 fully saturated rings. The molecule has 0 aliphatic rings. The van der Waals surface area contributed by atoms with Crippen molar-refractivity contribution in [1.82, 2.24) is 5.48 Å². The van der Waals surface area contributed by atoms with E-state index in [1.54, 1.807) is 23.7 Å². The zero-order valence-corrected chi connectivity index (χ0v) is 12.5. The number of amides is 1. The molecule has 22 heavy (non-hydrogen) atoms. The highest BCUT2D eigenvalue weighted by atomic mass is 16.5. The van der Waals surface area contributed by atoms with Crippen LogP contribution in [0.5, 0.6) is 0 Å². The van der Waals surface area contributed by atoms with Crippen molar-refractivity contribution in [1.29, 1.82) is 0 Å². The average Bonchev–Trinajstić information content (AvgIpc) is 2.97. The van der Waals surface area contributed by atoms with Crippen molar-refractivity contribution < 1.29 is 14.4 Å². The SMILES string of the molecule is CC(C)c1ccc(-c2cc3ccc(C(=O)NO)cc3o2)cc1. The van der Waals surface area contributed by atoms with Gasteiger partial charge in [-0.1, -0.05) is 44.2 Å². The van der Waals surface area contributed by atoms with Crippen LogP contribution < -0.4 is 5.48 Å². The largest absolute Gasteiger partial charge is 0.456 e. The quantitative estimate of drug-likeness (QED) is 0.558. The maximum atomic E-state index is 11.4. The Kier molecular flexibility index (Phi) is 3.69. The third-order valence-corrected chi connectivity index (χ3v) is 3.75. The van der Waals surface area contributed by atoms with Crippen molar-refractivity contribution in [3.63, 3.8) is 0 Å². The van der Waals surface area contributed by atoms with Gasteiger partial charge in [-0.25, -0.2) is 5.48 Å². The van der Waals surface area contributed by atoms with Crippen molar-refractivity contribution >= 4 is 16.9 Å². The van der Waals surface area contributed by atoms with Gasteiger partial charge < -0.3 is 4.42 Å². The number of hydrogen-bond donors (Lipinski definition) is 2. The highest BCUT2D eigenvalue weighted by Gasteiger charge is 2.10. The van der Waals surface area contributed by atoms with Crippen LogP contribution in [0.2, 0.25) is 0 Å². The second-order valence-corrected chi connectivity index (χ2v) is 5.58. The van der Waals surface area contributed by atoms with Gasteiger partial charge in [-0.3, -0.25) is 10.0 Å². The lowest BCUT2D eigenvalue weighted by molar-refractivity contribution is 0.0706. The van der Waals surface area contributed by atoms with Gasteiger partial charge in [0.15, 0.2) is 0 Å². The van der Waals surface area contributed by atoms with Gasteiger partial charge in [-0.05, 0) is 29.7 Å². The number of hydroxylamine groups is 1. The molecule has 0 bridgehead atoms. The number of hydrogen-bond acceptors (Lipinski definition) is 3. The minimum Gasteiger partial charge on any atom is -0.456 e. The molecule has 0 spiro atoms. The first-order valence-corrected chi connectivity index (χ1v) is 7.17. The van der Waals surface area contributed by atoms with E-state index in [1.807, 2.05) is 18.2 Å². The molecule has 1 aromatic heterocycles. The zero-order chi connectivity index (χ0) is 15.7. The van der Waals surface area contributed by atoms with Crippen LogP contribution >= 0.6 is 0 Å². The summed E-state index contributed by atoms with van der Waals surface area (Å²) in [5, 5.41) is 9.60. The molecule has 0 saturated carbocycles. The number of fused-ring (bicyclic) bond motifs is 1. The fourth-order valence-corrected chi connectivity index (χ4v) is 2.41. The predicted molar refractivity (Wildman–Crippen MR) is 85.0 cm³/mol. The fraction of sp³-hybridized carbons (Fsp3) is 0.167. The van der Waals surface area contributed by atoms with Crippen LogP contribution in [0.4, 0.5) is 0 Å². The van der Waals surface area contributed by atoms with Gasteiger partial charge >= 0.3 is 0 Å². The van der Waals surface area contributed by atoms with Gasteiger partial charge in [0.2, 0.25) is 0 Å². The lowest BCUT2D eigenvalue weighted by Crippen LogP contribution is -2.18. The summed E-state index contributed by atoms with van der Waals surface area (Å²) in [5.74, 6) is 0.692. The summed E-state index contributed by atoms with van der Waals surface area (Å²) in [6, 6.07) is 15.3. The van der Waals surface area contributed by atoms with Gasteiger partial charge in [-0.15, -0.1) is 0 Å². The molecule has 2 N–H and O–H groups in total. The van der Waals surface area contributed by atoms with Crippen molar-refractivity contribution in [3.05, 3.63) is 59.7 Å². The highest BCUT2D eigenvalue weighted by molar-refractivity contribution is 5.97. The molecular formula is C18H17NO3. The highest BCUT2D eigenvalue weighted by Crippen LogP contribution is 2.29. The van der Waals surface area contributed by atoms with Gasteiger partial charge in [0.1, 0.15) is 11.3 Å². The summed E-state index contributed by atoms with van der Waals surface area (Å²) in [5.41, 5.74) is 4.86. The monoisotopic (exact) mass is 295 g/mol. The lowest BCUT2D eigenvalue weighted by Gasteiger charge is -2.05. The van der Waals surface area contributed by atoms with Crippen molar-refractivity contribution in [2.75, 3.05) is 0 Å². The van der Waals surface area contributed by atoms with E-state index in [1.165, 1.54) is 5.56 Å². The molecule has 112 valence electrons. The zero-order valence-electron chi connectivity index (χ0n) is 12.5. The number of furan rings is 1. The van der Waals surface area contributed by atoms with Crippen LogP contribution in [-0.4, -0.2) is 11.1 Å². The molecule has 1 amide bonds. The Morgan fingerprint density at radius 3 is 2.45 bits per heavy atom. The molecule has 0 saturated heterocycles. The topological polar surface area (TPSA) is 62.5 Å². The molecule has 2 aromatic carbocycles. The lowest BCUT2D eigenvalue weighted by atomic mass is 10.0. The minimum absolute atomic E-state index is 0.353. The second-order valence-electron chi connectivity index (χ2n) is 5.58. The van der Waals surface area contributed by atoms with Gasteiger partial charge in [0, 0.05) is 16.5 Å². The normalized spacial score (nSPS) is 11.1. The summed E-state index contributed by atoms with van der Waals surface area (Å²) < 4.78 is 5.83. The molecule has 4 nitrogen and oxygen atoms in total. The third kappa shape index (κ3) is 2.61. The number of rotatable bonds is 3. The van der Waals surface area contributed by atoms with Crippen LogP contribution in [0.15, 0.2) is 52.9 Å². The summed E-state index contributed by atoms with van der Waals surface area (Å²) in [4.78, 5) is 11.4. The van der Waals surface area contributed by atoms with E-state index in [0.717, 1.165) is 16.7 Å². The first-order chi connectivity index (χ1) is 10.6. The number of nitrogens with one attached hydrogen (secondary N) is 1. The van der Waals surface area contributed by atoms with E-state index >= 15 is 0 Å². The minimum atomic E-state index is -0.555. The molecule has 0 radical (unpaired) electrons. The Balaban J connectivity index is 1.99. The van der Waals surface area contributed by atoms with E-state index in [-0.39, 0.29) is 0 Å². The molecule has 0 aliphatic heterocycles. The second kappa shape index (κ2) is 5.66. The van der Waals surface area contributed by atoms with Crippen molar-refractivity contribution in [2.24, 2.45) is 0 Å². The summed E-state index contributed by atoms with van der Waals surface area (Å²) in [6.45, 7) is 4.31. The standard InChI is InChI=1S/C18H17NO3/c1-11(2)12-3-5-13(6-4-12)16-9-14-7-8-15(18(20)19-21)10-17(14)22-16/h3-11,21H,1-2H3,(H,19,20). The fourth-order valence-electron chi connectivity index (χ4n) is 2.41. The van der Waals surface area contributed by atoms with Gasteiger partial charge in [0.25, 0.3) is 5.91 Å². The molecule has 3 rings (SSSR count). The number of carbonyl (C=O) groups excluding carboxylic acids is 1. The van der Waals surface area contributed by atoms with Gasteiger partial charge in [-0.2, -0.15) is 0 Å². The maximum Gasteiger partial charge on any atom is 0.274 e. The predicted octanol–water partition coefficient (Wildman–Crippen LogP) is 4.34. The molecule has 1 heterocycles. The molecule has 0 atom stereocenters. The van der Waals surface area contributed by atoms with Crippen LogP contribution in [0.25, 0.3) is 22.3 Å². The molecule has 4 heteroatoms. The van der Waals surface area contributed by atoms with E-state index in [2.05, 4.69) is 26.0 Å². The van der Waals surface area contributed by atoms with Crippen LogP contribution in [0, 0.1) is 0 Å². The summed E-state index contributed by atoms with van der Waals surface area (Å²) in [6.07, 6.45) is 0. The molecule has 0 unspecified atom stereocenters. The third-order valence-electron chi connectivity index (χ3n) is 3.75. The Bertz CT molecular complexity index is 816. The van der Waals surface area contributed by atoms with Gasteiger partial charge in [0.05, 0.1) is 0 Å². The Hall–Kier alpha value is -2.59. The summed E-state index contributed by atoms with van der Waals surface area (Å²) in [7, 11) is 0. The maximum absolute atomic E-state index is 11.4. The Labute approximate surface area is 128 Å². The van der Waals surface area contributed by atoms with Crippen molar-refractivity contribution in [2.45, 2.75) is 19.8 Å². The smallest absolute Gasteiger partial charge is 0.274 e. The van der Waals surface area contributed by atoms with Crippen LogP contribution in [0.3, 0.4) is 0 Å². The average molecular weight is 295 g/mol. The van der Waals surface area contributed by atoms with E-state index in [9.17, 15) is 4.79 Å². The Morgan fingerprint density at radius 1 is 1.09 bits per heavy atom. The first-order valence-electron chi connectivity index (χ1n) is 7.17. The summed E-state index contributed by atoms with van der Waals surface area (Å²) >= 11 is 0. The molecular weight excluding hydrogens is 278 g/mol. The van der Waals surface area contributed by atoms with E-state index < -0.39 is 5.91 Å². The Morgan fingerprint density at radius 2 is 1.82 bits per heavy atom. The van der Waals surface area contributed by atoms with E-state index in [0.29, 0.717) is 17.1 Å². The number of carbonyl (C=O) groups is 1. The van der Waals surface area contributed by atoms with Crippen molar-refractivity contribution in [3.8, 4) is 11.3 Å². The number of benzene rings is 2. The molecule has 3 aromatic rings. The van der Waals surface area contributed by atoms with Crippen LogP contribution in [0.1, 0.15) is 35.7 Å². The van der Waals surface area contributed by atoms with E-state index in [4.69, 9.17) is 9.62 Å². The first kappa shape index (κ1) is 14.4. The molecule has 0 aliphatic carbocycles. The van der Waals surface area contributed by atoms with Crippen LogP contribution in [-0.2, 0) is 0 Å².